The lowest BCUT2D eigenvalue weighted by Crippen LogP contribution is -2.33. The van der Waals surface area contributed by atoms with Crippen LogP contribution < -0.4 is 4.90 Å². The maximum Gasteiger partial charge on any atom is 0.253 e. The number of aryl methyl sites for hydroxylation is 3. The summed E-state index contributed by atoms with van der Waals surface area (Å²) in [6.07, 6.45) is 0.277. The molecule has 138 valence electrons. The topological polar surface area (TPSA) is 87.2 Å². The molecule has 0 saturated heterocycles. The van der Waals surface area contributed by atoms with Gasteiger partial charge in [0.15, 0.2) is 0 Å². The smallest absolute Gasteiger partial charge is 0.253 e. The van der Waals surface area contributed by atoms with Crippen LogP contribution in [0.25, 0.3) is 5.78 Å². The molecule has 1 amide bonds. The third kappa shape index (κ3) is 4.44. The van der Waals surface area contributed by atoms with Crippen LogP contribution >= 0.6 is 11.8 Å². The van der Waals surface area contributed by atoms with Crippen molar-refractivity contribution in [1.29, 1.82) is 5.26 Å². The summed E-state index contributed by atoms with van der Waals surface area (Å²) in [5.41, 5.74) is 3.73. The first kappa shape index (κ1) is 18.9. The number of thioether (sulfide) groups is 1. The predicted molar refractivity (Wildman–Crippen MR) is 105 cm³/mol. The van der Waals surface area contributed by atoms with Crippen LogP contribution in [0.3, 0.4) is 0 Å². The minimum absolute atomic E-state index is 0.0844. The van der Waals surface area contributed by atoms with Crippen LogP contribution in [0.15, 0.2) is 35.5 Å². The maximum absolute atomic E-state index is 12.8. The summed E-state index contributed by atoms with van der Waals surface area (Å²) >= 11 is 1.27. The van der Waals surface area contributed by atoms with Crippen molar-refractivity contribution in [2.75, 3.05) is 17.2 Å². The zero-order valence-corrected chi connectivity index (χ0v) is 16.3. The fraction of sp³-hybridized carbons (Fsp3) is 0.316. The SMILES string of the molecule is Cc1ccc(N(CCC#N)C(=O)CSc2nc3nc(C)cc(C)n3n2)cc1. The van der Waals surface area contributed by atoms with Crippen molar-refractivity contribution >= 4 is 29.1 Å². The number of nitrogens with zero attached hydrogens (tertiary/aromatic N) is 6. The Labute approximate surface area is 162 Å². The fourth-order valence-corrected chi connectivity index (χ4v) is 3.39. The molecule has 3 aromatic rings. The molecule has 8 heteroatoms. The van der Waals surface area contributed by atoms with E-state index in [0.29, 0.717) is 17.5 Å². The standard InChI is InChI=1S/C19H20N6OS/c1-13-5-7-16(8-6-13)24(10-4-9-20)17(26)12-27-19-22-18-21-14(2)11-15(3)25(18)23-19/h5-8,11H,4,10,12H2,1-3H3. The van der Waals surface area contributed by atoms with Gasteiger partial charge in [-0.2, -0.15) is 10.2 Å². The van der Waals surface area contributed by atoms with Gasteiger partial charge in [0.05, 0.1) is 18.2 Å². The minimum Gasteiger partial charge on any atom is -0.311 e. The van der Waals surface area contributed by atoms with Gasteiger partial charge in [0.1, 0.15) is 0 Å². The molecule has 0 unspecified atom stereocenters. The molecule has 0 saturated carbocycles. The number of aromatic nitrogens is 4. The lowest BCUT2D eigenvalue weighted by Gasteiger charge is -2.21. The number of rotatable bonds is 6. The highest BCUT2D eigenvalue weighted by atomic mass is 32.2. The van der Waals surface area contributed by atoms with E-state index in [1.165, 1.54) is 11.8 Å². The first-order chi connectivity index (χ1) is 13.0. The van der Waals surface area contributed by atoms with Gasteiger partial charge >= 0.3 is 0 Å². The zero-order chi connectivity index (χ0) is 19.4. The zero-order valence-electron chi connectivity index (χ0n) is 15.5. The lowest BCUT2D eigenvalue weighted by molar-refractivity contribution is -0.116. The number of fused-ring (bicyclic) bond motifs is 1. The Balaban J connectivity index is 1.74. The van der Waals surface area contributed by atoms with Crippen LogP contribution in [0.5, 0.6) is 0 Å². The van der Waals surface area contributed by atoms with Gasteiger partial charge in [-0.1, -0.05) is 29.5 Å². The van der Waals surface area contributed by atoms with Gasteiger partial charge in [0.25, 0.3) is 5.78 Å². The quantitative estimate of drug-likeness (QED) is 0.611. The normalized spacial score (nSPS) is 10.7. The van der Waals surface area contributed by atoms with Crippen LogP contribution in [-0.4, -0.2) is 37.8 Å². The van der Waals surface area contributed by atoms with Crippen LogP contribution in [0, 0.1) is 32.1 Å². The lowest BCUT2D eigenvalue weighted by atomic mass is 10.2. The molecule has 7 nitrogen and oxygen atoms in total. The number of carbonyl (C=O) groups is 1. The van der Waals surface area contributed by atoms with Crippen LogP contribution in [0.1, 0.15) is 23.4 Å². The molecular formula is C19H20N6OS. The van der Waals surface area contributed by atoms with Gasteiger partial charge in [-0.05, 0) is 39.0 Å². The van der Waals surface area contributed by atoms with Crippen LogP contribution in [0.4, 0.5) is 5.69 Å². The Morgan fingerprint density at radius 1 is 1.22 bits per heavy atom. The molecule has 0 aliphatic carbocycles. The number of nitriles is 1. The molecule has 27 heavy (non-hydrogen) atoms. The van der Waals surface area contributed by atoms with E-state index < -0.39 is 0 Å². The van der Waals surface area contributed by atoms with Crippen molar-refractivity contribution in [3.05, 3.63) is 47.3 Å². The minimum atomic E-state index is -0.0844. The van der Waals surface area contributed by atoms with E-state index in [9.17, 15) is 4.79 Å². The summed E-state index contributed by atoms with van der Waals surface area (Å²) in [7, 11) is 0. The van der Waals surface area contributed by atoms with E-state index in [-0.39, 0.29) is 18.1 Å². The molecule has 1 aromatic carbocycles. The molecule has 0 bridgehead atoms. The number of amides is 1. The highest BCUT2D eigenvalue weighted by molar-refractivity contribution is 7.99. The maximum atomic E-state index is 12.8. The molecule has 0 fully saturated rings. The van der Waals surface area contributed by atoms with E-state index in [1.807, 2.05) is 51.1 Å². The van der Waals surface area contributed by atoms with E-state index in [0.717, 1.165) is 22.6 Å². The third-order valence-electron chi connectivity index (χ3n) is 4.02. The Kier molecular flexibility index (Phi) is 5.72. The average molecular weight is 380 g/mol. The molecule has 0 aliphatic rings. The van der Waals surface area contributed by atoms with E-state index in [4.69, 9.17) is 5.26 Å². The first-order valence-electron chi connectivity index (χ1n) is 8.56. The monoisotopic (exact) mass is 380 g/mol. The molecule has 0 spiro atoms. The Hall–Kier alpha value is -2.92. The number of benzene rings is 1. The Bertz CT molecular complexity index is 1010. The average Bonchev–Trinajstić information content (AvgIpc) is 3.05. The summed E-state index contributed by atoms with van der Waals surface area (Å²) in [5.74, 6) is 0.634. The van der Waals surface area contributed by atoms with Gasteiger partial charge < -0.3 is 4.90 Å². The highest BCUT2D eigenvalue weighted by Crippen LogP contribution is 2.20. The Morgan fingerprint density at radius 2 is 1.96 bits per heavy atom. The summed E-state index contributed by atoms with van der Waals surface area (Å²) in [6.45, 7) is 6.20. The van der Waals surface area contributed by atoms with Crippen molar-refractivity contribution in [2.24, 2.45) is 0 Å². The number of hydrogen-bond acceptors (Lipinski definition) is 6. The summed E-state index contributed by atoms with van der Waals surface area (Å²) in [6, 6.07) is 11.7. The predicted octanol–water partition coefficient (Wildman–Crippen LogP) is 3.09. The van der Waals surface area contributed by atoms with Gasteiger partial charge in [-0.3, -0.25) is 4.79 Å². The second-order valence-corrected chi connectivity index (χ2v) is 7.17. The Morgan fingerprint density at radius 3 is 2.67 bits per heavy atom. The van der Waals surface area contributed by atoms with E-state index in [2.05, 4.69) is 21.1 Å². The summed E-state index contributed by atoms with van der Waals surface area (Å²) < 4.78 is 1.67. The van der Waals surface area contributed by atoms with Crippen molar-refractivity contribution in [3.63, 3.8) is 0 Å². The van der Waals surface area contributed by atoms with E-state index in [1.54, 1.807) is 9.42 Å². The van der Waals surface area contributed by atoms with Crippen molar-refractivity contribution in [1.82, 2.24) is 19.6 Å². The van der Waals surface area contributed by atoms with E-state index >= 15 is 0 Å². The molecular weight excluding hydrogens is 360 g/mol. The molecule has 0 atom stereocenters. The number of carbonyl (C=O) groups excluding carboxylic acids is 1. The number of anilines is 1. The fourth-order valence-electron chi connectivity index (χ4n) is 2.70. The number of hydrogen-bond donors (Lipinski definition) is 0. The van der Waals surface area contributed by atoms with Crippen molar-refractivity contribution < 1.29 is 4.79 Å². The third-order valence-corrected chi connectivity index (χ3v) is 4.84. The van der Waals surface area contributed by atoms with Gasteiger partial charge in [0, 0.05) is 23.6 Å². The molecule has 2 heterocycles. The largest absolute Gasteiger partial charge is 0.311 e. The molecule has 0 aliphatic heterocycles. The van der Waals surface area contributed by atoms with Crippen molar-refractivity contribution in [2.45, 2.75) is 32.3 Å². The highest BCUT2D eigenvalue weighted by Gasteiger charge is 2.17. The van der Waals surface area contributed by atoms with Crippen LogP contribution in [-0.2, 0) is 4.79 Å². The molecule has 0 radical (unpaired) electrons. The second kappa shape index (κ2) is 8.18. The van der Waals surface area contributed by atoms with Crippen molar-refractivity contribution in [3.8, 4) is 6.07 Å². The van der Waals surface area contributed by atoms with Gasteiger partial charge in [0.2, 0.25) is 11.1 Å². The van der Waals surface area contributed by atoms with Gasteiger partial charge in [-0.25, -0.2) is 9.50 Å². The van der Waals surface area contributed by atoms with Crippen LogP contribution in [0.2, 0.25) is 0 Å². The molecule has 3 rings (SSSR count). The summed E-state index contributed by atoms with van der Waals surface area (Å²) in [4.78, 5) is 23.2. The second-order valence-electron chi connectivity index (χ2n) is 6.22. The van der Waals surface area contributed by atoms with Gasteiger partial charge in [-0.15, -0.1) is 5.10 Å². The molecule has 2 aromatic heterocycles. The molecule has 0 N–H and O–H groups in total. The first-order valence-corrected chi connectivity index (χ1v) is 9.54. The summed E-state index contributed by atoms with van der Waals surface area (Å²) in [5, 5.41) is 13.8.